The van der Waals surface area contributed by atoms with E-state index in [4.69, 9.17) is 0 Å². The Morgan fingerprint density at radius 2 is 2.45 bits per heavy atom. The van der Waals surface area contributed by atoms with Gasteiger partial charge in [-0.15, -0.1) is 0 Å². The van der Waals surface area contributed by atoms with Crippen LogP contribution in [0.15, 0.2) is 0 Å². The fourth-order valence-electron chi connectivity index (χ4n) is 1.67. The van der Waals surface area contributed by atoms with Crippen LogP contribution in [0.2, 0.25) is 0 Å². The summed E-state index contributed by atoms with van der Waals surface area (Å²) in [7, 11) is 0. The maximum Gasteiger partial charge on any atom is 0.133 e. The average Bonchev–Trinajstić information content (AvgIpc) is 2.36. The predicted molar refractivity (Wildman–Crippen MR) is 42.2 cm³/mol. The summed E-state index contributed by atoms with van der Waals surface area (Å²) in [6, 6.07) is 0. The number of aldehydes is 1. The highest BCUT2D eigenvalue weighted by Crippen LogP contribution is 2.30. The fraction of sp³-hybridized carbons (Fsp3) is 0.778. The zero-order valence-corrected chi connectivity index (χ0v) is 6.88. The molecule has 0 bridgehead atoms. The van der Waals surface area contributed by atoms with Gasteiger partial charge in [0.15, 0.2) is 0 Å². The van der Waals surface area contributed by atoms with Crippen molar-refractivity contribution in [3.8, 4) is 0 Å². The second kappa shape index (κ2) is 3.65. The molecule has 0 spiro atoms. The van der Waals surface area contributed by atoms with Gasteiger partial charge in [0.05, 0.1) is 0 Å². The molecule has 1 aliphatic rings. The van der Waals surface area contributed by atoms with E-state index in [-0.39, 0.29) is 0 Å². The highest BCUT2D eigenvalue weighted by Gasteiger charge is 2.26. The molecule has 2 unspecified atom stereocenters. The molecule has 0 N–H and O–H groups in total. The van der Waals surface area contributed by atoms with Crippen molar-refractivity contribution in [1.82, 2.24) is 0 Å². The number of ketones is 1. The molecule has 1 aliphatic carbocycles. The third kappa shape index (κ3) is 2.14. The van der Waals surface area contributed by atoms with Crippen LogP contribution >= 0.6 is 0 Å². The van der Waals surface area contributed by atoms with Crippen LogP contribution in [0.4, 0.5) is 0 Å². The lowest BCUT2D eigenvalue weighted by Gasteiger charge is -2.14. The molecule has 11 heavy (non-hydrogen) atoms. The van der Waals surface area contributed by atoms with Crippen molar-refractivity contribution in [3.63, 3.8) is 0 Å². The van der Waals surface area contributed by atoms with Crippen LogP contribution in [-0.4, -0.2) is 12.1 Å². The minimum atomic E-state index is 0.368. The van der Waals surface area contributed by atoms with Crippen LogP contribution in [0.5, 0.6) is 0 Å². The van der Waals surface area contributed by atoms with Gasteiger partial charge in [-0.05, 0) is 18.3 Å². The summed E-state index contributed by atoms with van der Waals surface area (Å²) in [6.45, 7) is 2.05. The summed E-state index contributed by atoms with van der Waals surface area (Å²) in [6.07, 6.45) is 3.99. The molecule has 1 fully saturated rings. The summed E-state index contributed by atoms with van der Waals surface area (Å²) >= 11 is 0. The number of hydrogen-bond donors (Lipinski definition) is 0. The summed E-state index contributed by atoms with van der Waals surface area (Å²) < 4.78 is 0. The molecule has 0 saturated heterocycles. The third-order valence-corrected chi connectivity index (χ3v) is 2.56. The molecule has 2 nitrogen and oxygen atoms in total. The molecule has 0 aliphatic heterocycles. The van der Waals surface area contributed by atoms with Crippen molar-refractivity contribution in [2.45, 2.75) is 32.6 Å². The molecular weight excluding hydrogens is 140 g/mol. The Morgan fingerprint density at radius 1 is 1.73 bits per heavy atom. The van der Waals surface area contributed by atoms with Crippen LogP contribution in [-0.2, 0) is 9.59 Å². The van der Waals surface area contributed by atoms with E-state index in [1.807, 2.05) is 0 Å². The van der Waals surface area contributed by atoms with Gasteiger partial charge >= 0.3 is 0 Å². The van der Waals surface area contributed by atoms with E-state index in [0.717, 1.165) is 19.1 Å². The van der Waals surface area contributed by atoms with E-state index >= 15 is 0 Å². The molecule has 0 aromatic carbocycles. The second-order valence-corrected chi connectivity index (χ2v) is 3.42. The largest absolute Gasteiger partial charge is 0.303 e. The van der Waals surface area contributed by atoms with Gasteiger partial charge < -0.3 is 4.79 Å². The normalized spacial score (nSPS) is 27.0. The molecule has 0 aromatic rings. The fourth-order valence-corrected chi connectivity index (χ4v) is 1.67. The van der Waals surface area contributed by atoms with Crippen molar-refractivity contribution in [2.24, 2.45) is 11.8 Å². The quantitative estimate of drug-likeness (QED) is 0.578. The van der Waals surface area contributed by atoms with Gasteiger partial charge in [-0.2, -0.15) is 0 Å². The van der Waals surface area contributed by atoms with Crippen molar-refractivity contribution >= 4 is 12.1 Å². The van der Waals surface area contributed by atoms with E-state index in [1.165, 1.54) is 0 Å². The van der Waals surface area contributed by atoms with E-state index in [9.17, 15) is 9.59 Å². The summed E-state index contributed by atoms with van der Waals surface area (Å²) in [5, 5.41) is 0. The highest BCUT2D eigenvalue weighted by atomic mass is 16.1. The van der Waals surface area contributed by atoms with Crippen LogP contribution in [0.3, 0.4) is 0 Å². The van der Waals surface area contributed by atoms with Gasteiger partial charge in [-0.1, -0.05) is 6.92 Å². The lowest BCUT2D eigenvalue weighted by Crippen LogP contribution is -2.08. The Kier molecular flexibility index (Phi) is 2.80. The lowest BCUT2D eigenvalue weighted by atomic mass is 9.90. The summed E-state index contributed by atoms with van der Waals surface area (Å²) in [5.41, 5.74) is 0. The topological polar surface area (TPSA) is 34.1 Å². The molecule has 1 saturated carbocycles. The van der Waals surface area contributed by atoms with Crippen LogP contribution in [0, 0.1) is 11.8 Å². The summed E-state index contributed by atoms with van der Waals surface area (Å²) in [4.78, 5) is 21.0. The van der Waals surface area contributed by atoms with Gasteiger partial charge in [0.25, 0.3) is 0 Å². The Hall–Kier alpha value is -0.660. The number of rotatable bonds is 3. The van der Waals surface area contributed by atoms with Crippen molar-refractivity contribution < 1.29 is 9.59 Å². The third-order valence-electron chi connectivity index (χ3n) is 2.56. The van der Waals surface area contributed by atoms with Gasteiger partial charge in [0.1, 0.15) is 12.1 Å². The number of carbonyl (C=O) groups excluding carboxylic acids is 2. The maximum absolute atomic E-state index is 10.9. The first-order chi connectivity index (χ1) is 5.24. The summed E-state index contributed by atoms with van der Waals surface area (Å²) in [5.74, 6) is 1.25. The van der Waals surface area contributed by atoms with E-state index < -0.39 is 0 Å². The van der Waals surface area contributed by atoms with Crippen molar-refractivity contribution in [3.05, 3.63) is 0 Å². The molecule has 0 radical (unpaired) electrons. The zero-order chi connectivity index (χ0) is 8.27. The van der Waals surface area contributed by atoms with E-state index in [2.05, 4.69) is 6.92 Å². The minimum absolute atomic E-state index is 0.368. The number of carbonyl (C=O) groups is 2. The van der Waals surface area contributed by atoms with E-state index in [0.29, 0.717) is 30.5 Å². The van der Waals surface area contributed by atoms with Crippen molar-refractivity contribution in [1.29, 1.82) is 0 Å². The van der Waals surface area contributed by atoms with Gasteiger partial charge in [-0.3, -0.25) is 4.79 Å². The van der Waals surface area contributed by atoms with Crippen LogP contribution < -0.4 is 0 Å². The van der Waals surface area contributed by atoms with E-state index in [1.54, 1.807) is 0 Å². The molecular formula is C9H14O2. The predicted octanol–water partition coefficient (Wildman–Crippen LogP) is 1.58. The van der Waals surface area contributed by atoms with Gasteiger partial charge in [0.2, 0.25) is 0 Å². The first-order valence-corrected chi connectivity index (χ1v) is 4.19. The zero-order valence-electron chi connectivity index (χ0n) is 6.88. The Balaban J connectivity index is 2.36. The monoisotopic (exact) mass is 154 g/mol. The van der Waals surface area contributed by atoms with Crippen LogP contribution in [0.1, 0.15) is 32.6 Å². The molecule has 0 amide bonds. The lowest BCUT2D eigenvalue weighted by molar-refractivity contribution is -0.118. The maximum atomic E-state index is 10.9. The average molecular weight is 154 g/mol. The highest BCUT2D eigenvalue weighted by molar-refractivity contribution is 5.80. The second-order valence-electron chi connectivity index (χ2n) is 3.42. The molecule has 62 valence electrons. The SMILES string of the molecule is CC(CC=O)C1CCC(=O)C1. The first kappa shape index (κ1) is 8.44. The minimum Gasteiger partial charge on any atom is -0.303 e. The Morgan fingerprint density at radius 3 is 2.91 bits per heavy atom. The molecule has 2 atom stereocenters. The molecule has 0 heterocycles. The number of hydrogen-bond acceptors (Lipinski definition) is 2. The van der Waals surface area contributed by atoms with Gasteiger partial charge in [-0.25, -0.2) is 0 Å². The van der Waals surface area contributed by atoms with Crippen molar-refractivity contribution in [2.75, 3.05) is 0 Å². The standard InChI is InChI=1S/C9H14O2/c1-7(4-5-10)8-2-3-9(11)6-8/h5,7-8H,2-4,6H2,1H3. The molecule has 0 aromatic heterocycles. The van der Waals surface area contributed by atoms with Gasteiger partial charge in [0, 0.05) is 19.3 Å². The first-order valence-electron chi connectivity index (χ1n) is 4.19. The Bertz CT molecular complexity index is 163. The number of Topliss-reactive ketones (excluding diaryl/α,β-unsaturated/α-hetero) is 1. The smallest absolute Gasteiger partial charge is 0.133 e. The molecule has 2 heteroatoms. The molecule has 1 rings (SSSR count). The Labute approximate surface area is 67.0 Å². The van der Waals surface area contributed by atoms with Crippen LogP contribution in [0.25, 0.3) is 0 Å².